The van der Waals surface area contributed by atoms with Gasteiger partial charge in [-0.15, -0.1) is 29.1 Å². The molecule has 0 saturated carbocycles. The molecule has 0 aliphatic heterocycles. The van der Waals surface area contributed by atoms with Crippen molar-refractivity contribution in [3.63, 3.8) is 0 Å². The number of hydrogen-bond acceptors (Lipinski definition) is 5. The quantitative estimate of drug-likeness (QED) is 0.0860. The number of carbonyl (C=O) groups is 1. The average molecular weight is 864 g/mol. The van der Waals surface area contributed by atoms with Crippen molar-refractivity contribution in [1.29, 1.82) is 0 Å². The Hall–Kier alpha value is -3.60. The first-order chi connectivity index (χ1) is 23.9. The van der Waals surface area contributed by atoms with Gasteiger partial charge in [-0.3, -0.25) is 9.78 Å². The Morgan fingerprint density at radius 2 is 1.63 bits per heavy atom. The van der Waals surface area contributed by atoms with Crippen molar-refractivity contribution in [3.8, 4) is 22.4 Å². The van der Waals surface area contributed by atoms with Crippen LogP contribution in [0.2, 0.25) is 0 Å². The summed E-state index contributed by atoms with van der Waals surface area (Å²) in [6.07, 6.45) is 9.52. The SMILES string of the molecule is CC(C)Cc1cccc2c1CCc1oc3ncnc(-c4[c-]c5ccccc5c(C(C)(C)C)c4)c3c1-2.CCC(CC)C(=O)/C=C(\O)C(CC)CC.[Ir]. The van der Waals surface area contributed by atoms with E-state index >= 15 is 0 Å². The van der Waals surface area contributed by atoms with Crippen LogP contribution in [0.5, 0.6) is 0 Å². The summed E-state index contributed by atoms with van der Waals surface area (Å²) in [5.74, 6) is 2.19. The van der Waals surface area contributed by atoms with E-state index in [1.807, 2.05) is 27.7 Å². The number of aliphatic hydroxyl groups is 1. The molecule has 2 heterocycles. The van der Waals surface area contributed by atoms with Gasteiger partial charge in [0.1, 0.15) is 12.1 Å². The summed E-state index contributed by atoms with van der Waals surface area (Å²) in [5.41, 5.74) is 9.19. The first-order valence-electron chi connectivity index (χ1n) is 18.7. The third kappa shape index (κ3) is 8.72. The minimum absolute atomic E-state index is 0. The number of hydrogen-bond donors (Lipinski definition) is 1. The molecule has 0 saturated heterocycles. The Morgan fingerprint density at radius 1 is 0.941 bits per heavy atom. The van der Waals surface area contributed by atoms with E-state index in [-0.39, 0.29) is 48.9 Å². The molecule has 0 spiro atoms. The van der Waals surface area contributed by atoms with Gasteiger partial charge in [0.2, 0.25) is 5.71 Å². The number of allylic oxidation sites excluding steroid dienone is 2. The number of aliphatic hydroxyl groups excluding tert-OH is 1. The number of furan rings is 1. The van der Waals surface area contributed by atoms with Crippen LogP contribution < -0.4 is 0 Å². The molecule has 0 bridgehead atoms. The van der Waals surface area contributed by atoms with Gasteiger partial charge in [0.05, 0.1) is 5.76 Å². The minimum Gasteiger partial charge on any atom is -0.512 e. The molecule has 6 heteroatoms. The molecule has 2 aromatic heterocycles. The molecule has 0 fully saturated rings. The summed E-state index contributed by atoms with van der Waals surface area (Å²) >= 11 is 0. The van der Waals surface area contributed by atoms with Gasteiger partial charge in [0.25, 0.3) is 0 Å². The van der Waals surface area contributed by atoms with Crippen LogP contribution in [0, 0.1) is 23.8 Å². The fourth-order valence-corrected chi connectivity index (χ4v) is 7.44. The molecular formula is C45H55IrN2O3-. The second-order valence-electron chi connectivity index (χ2n) is 15.2. The summed E-state index contributed by atoms with van der Waals surface area (Å²) < 4.78 is 6.35. The van der Waals surface area contributed by atoms with Crippen molar-refractivity contribution in [1.82, 2.24) is 9.97 Å². The van der Waals surface area contributed by atoms with E-state index < -0.39 is 0 Å². The normalized spacial score (nSPS) is 12.9. The summed E-state index contributed by atoms with van der Waals surface area (Å²) in [5, 5.41) is 13.1. The van der Waals surface area contributed by atoms with Crippen LogP contribution in [0.15, 0.2) is 71.1 Å². The Labute approximate surface area is 318 Å². The van der Waals surface area contributed by atoms with Gasteiger partial charge in [0, 0.05) is 61.1 Å². The molecule has 273 valence electrons. The van der Waals surface area contributed by atoms with E-state index in [1.54, 1.807) is 6.33 Å². The molecule has 1 aliphatic rings. The smallest absolute Gasteiger partial charge is 0.222 e. The van der Waals surface area contributed by atoms with E-state index in [1.165, 1.54) is 39.3 Å². The van der Waals surface area contributed by atoms with Crippen LogP contribution in [0.25, 0.3) is 44.3 Å². The van der Waals surface area contributed by atoms with Gasteiger partial charge in [-0.1, -0.05) is 110 Å². The predicted octanol–water partition coefficient (Wildman–Crippen LogP) is 12.0. The first-order valence-corrected chi connectivity index (χ1v) is 18.7. The number of nitrogens with zero attached hydrogens (tertiary/aromatic N) is 2. The van der Waals surface area contributed by atoms with Crippen molar-refractivity contribution in [2.75, 3.05) is 0 Å². The zero-order valence-electron chi connectivity index (χ0n) is 31.9. The number of aromatic nitrogens is 2. The van der Waals surface area contributed by atoms with Crippen LogP contribution in [0.3, 0.4) is 0 Å². The van der Waals surface area contributed by atoms with Crippen molar-refractivity contribution in [2.24, 2.45) is 17.8 Å². The van der Waals surface area contributed by atoms with E-state index in [2.05, 4.69) is 94.2 Å². The van der Waals surface area contributed by atoms with Gasteiger partial charge in [-0.05, 0) is 66.5 Å². The number of aryl methyl sites for hydroxylation is 1. The summed E-state index contributed by atoms with van der Waals surface area (Å²) in [6, 6.07) is 21.2. The molecule has 3 aromatic carbocycles. The monoisotopic (exact) mass is 864 g/mol. The summed E-state index contributed by atoms with van der Waals surface area (Å²) in [6.45, 7) is 19.4. The van der Waals surface area contributed by atoms with Gasteiger partial charge in [-0.2, -0.15) is 0 Å². The van der Waals surface area contributed by atoms with Gasteiger partial charge < -0.3 is 9.52 Å². The van der Waals surface area contributed by atoms with Crippen molar-refractivity contribution >= 4 is 27.7 Å². The van der Waals surface area contributed by atoms with Crippen LogP contribution in [0.4, 0.5) is 0 Å². The Bertz CT molecular complexity index is 1990. The molecule has 5 nitrogen and oxygen atoms in total. The first kappa shape index (κ1) is 40.2. The standard InChI is InChI=1S/C32H31N2O.C13H24O2.Ir/c1-19(2)15-20-10-8-12-25-23(20)13-14-27-28(25)29-30(33-18-34-31(29)35-27)22-16-21-9-6-7-11-24(21)26(17-22)32(3,4)5;1-5-10(6-2)12(14)9-13(15)11(7-3)8-4;/h6-12,17-19H,13-15H2,1-5H3;9-11,14H,5-8H2,1-4H3;/q-1;;/b;12-9-;. The van der Waals surface area contributed by atoms with Crippen molar-refractivity contribution in [2.45, 2.75) is 113 Å². The maximum absolute atomic E-state index is 11.7. The minimum atomic E-state index is -0.0101. The fraction of sp³-hybridized carbons (Fsp3) is 0.444. The zero-order chi connectivity index (χ0) is 36.2. The molecule has 0 amide bonds. The maximum Gasteiger partial charge on any atom is 0.222 e. The number of carbonyl (C=O) groups excluding carboxylic acids is 1. The number of ketones is 1. The van der Waals surface area contributed by atoms with Gasteiger partial charge in [0.15, 0.2) is 5.78 Å². The van der Waals surface area contributed by atoms with Crippen LogP contribution in [0.1, 0.15) is 110 Å². The van der Waals surface area contributed by atoms with Gasteiger partial charge in [-0.25, -0.2) is 4.98 Å². The molecule has 51 heavy (non-hydrogen) atoms. The van der Waals surface area contributed by atoms with E-state index in [0.29, 0.717) is 11.6 Å². The van der Waals surface area contributed by atoms with E-state index in [0.717, 1.165) is 72.7 Å². The number of benzene rings is 3. The Morgan fingerprint density at radius 3 is 2.27 bits per heavy atom. The molecule has 1 radical (unpaired) electrons. The van der Waals surface area contributed by atoms with Crippen LogP contribution in [-0.4, -0.2) is 20.9 Å². The van der Waals surface area contributed by atoms with Gasteiger partial charge >= 0.3 is 0 Å². The molecule has 1 N–H and O–H groups in total. The Kier molecular flexibility index (Phi) is 13.6. The van der Waals surface area contributed by atoms with Crippen LogP contribution in [-0.2, 0) is 49.6 Å². The van der Waals surface area contributed by atoms with Crippen LogP contribution >= 0.6 is 0 Å². The van der Waals surface area contributed by atoms with E-state index in [9.17, 15) is 9.90 Å². The second kappa shape index (κ2) is 17.3. The second-order valence-corrected chi connectivity index (χ2v) is 15.2. The topological polar surface area (TPSA) is 76.2 Å². The average Bonchev–Trinajstić information content (AvgIpc) is 3.48. The van der Waals surface area contributed by atoms with Crippen molar-refractivity contribution in [3.05, 3.63) is 95.2 Å². The predicted molar refractivity (Wildman–Crippen MR) is 208 cm³/mol. The third-order valence-corrected chi connectivity index (χ3v) is 10.3. The van der Waals surface area contributed by atoms with E-state index in [4.69, 9.17) is 9.40 Å². The zero-order valence-corrected chi connectivity index (χ0v) is 34.3. The maximum atomic E-state index is 11.7. The molecular weight excluding hydrogens is 809 g/mol. The summed E-state index contributed by atoms with van der Waals surface area (Å²) in [4.78, 5) is 21.1. The molecule has 6 rings (SSSR count). The molecule has 1 aliphatic carbocycles. The third-order valence-electron chi connectivity index (χ3n) is 10.3. The molecule has 0 unspecified atom stereocenters. The van der Waals surface area contributed by atoms with Crippen molar-refractivity contribution < 1.29 is 34.4 Å². The number of fused-ring (bicyclic) bond motifs is 6. The summed E-state index contributed by atoms with van der Waals surface area (Å²) in [7, 11) is 0. The molecule has 5 aromatic rings. The Balaban J connectivity index is 0.000000312. The number of rotatable bonds is 10. The fourth-order valence-electron chi connectivity index (χ4n) is 7.44. The molecule has 0 atom stereocenters. The largest absolute Gasteiger partial charge is 0.512 e.